The molecule has 0 saturated heterocycles. The molecular formula is C29H30Br2N2O2S. The number of benzene rings is 2. The zero-order chi connectivity index (χ0) is 25.7. The quantitative estimate of drug-likeness (QED) is 0.209. The third-order valence-electron chi connectivity index (χ3n) is 6.43. The number of aryl methyl sites for hydroxylation is 2. The summed E-state index contributed by atoms with van der Waals surface area (Å²) in [7, 11) is 0. The fourth-order valence-electron chi connectivity index (χ4n) is 4.37. The molecule has 0 bridgehead atoms. The number of carbonyl (C=O) groups is 1. The molecule has 1 aliphatic rings. The van der Waals surface area contributed by atoms with Gasteiger partial charge in [-0.05, 0) is 112 Å². The Bertz CT molecular complexity index is 1290. The van der Waals surface area contributed by atoms with Crippen LogP contribution in [0.1, 0.15) is 63.2 Å². The molecule has 0 radical (unpaired) electrons. The van der Waals surface area contributed by atoms with Gasteiger partial charge < -0.3 is 10.1 Å². The Balaban J connectivity index is 1.70. The van der Waals surface area contributed by atoms with Crippen molar-refractivity contribution in [3.63, 3.8) is 0 Å². The largest absolute Gasteiger partial charge is 0.487 e. The first-order chi connectivity index (χ1) is 17.4. The summed E-state index contributed by atoms with van der Waals surface area (Å²) in [5.74, 6) is 0.643. The molecule has 0 fully saturated rings. The molecule has 0 atom stereocenters. The maximum absolute atomic E-state index is 13.7. The minimum atomic E-state index is -0.0792. The third kappa shape index (κ3) is 6.18. The van der Waals surface area contributed by atoms with Gasteiger partial charge in [-0.1, -0.05) is 37.6 Å². The van der Waals surface area contributed by atoms with Gasteiger partial charge in [0.15, 0.2) is 0 Å². The second-order valence-electron chi connectivity index (χ2n) is 8.97. The van der Waals surface area contributed by atoms with E-state index in [4.69, 9.17) is 9.73 Å². The summed E-state index contributed by atoms with van der Waals surface area (Å²) < 4.78 is 7.38. The van der Waals surface area contributed by atoms with Gasteiger partial charge in [-0.3, -0.25) is 4.79 Å². The van der Waals surface area contributed by atoms with Crippen molar-refractivity contribution >= 4 is 66.0 Å². The number of aliphatic imine (C=N–C) groups is 1. The Morgan fingerprint density at radius 2 is 1.86 bits per heavy atom. The number of nitrogens with one attached hydrogen (secondary N) is 1. The number of carbonyl (C=O) groups excluding carboxylic acids is 1. The first kappa shape index (κ1) is 26.8. The van der Waals surface area contributed by atoms with Crippen LogP contribution in [0.25, 0.3) is 0 Å². The highest BCUT2D eigenvalue weighted by Crippen LogP contribution is 2.40. The number of halogens is 2. The van der Waals surface area contributed by atoms with Gasteiger partial charge in [0.05, 0.1) is 14.5 Å². The summed E-state index contributed by atoms with van der Waals surface area (Å²) >= 11 is 8.84. The van der Waals surface area contributed by atoms with Crippen LogP contribution in [-0.4, -0.2) is 18.7 Å². The van der Waals surface area contributed by atoms with Crippen molar-refractivity contribution in [2.75, 3.05) is 11.9 Å². The van der Waals surface area contributed by atoms with Gasteiger partial charge in [0.2, 0.25) is 0 Å². The number of ether oxygens (including phenoxy) is 1. The normalized spacial score (nSPS) is 13.7. The first-order valence-corrected chi connectivity index (χ1v) is 14.6. The summed E-state index contributed by atoms with van der Waals surface area (Å²) in [6, 6.07) is 9.93. The van der Waals surface area contributed by atoms with Gasteiger partial charge in [0, 0.05) is 16.8 Å². The second kappa shape index (κ2) is 12.3. The molecule has 0 saturated carbocycles. The smallest absolute Gasteiger partial charge is 0.259 e. The van der Waals surface area contributed by atoms with Crippen molar-refractivity contribution < 1.29 is 9.53 Å². The number of anilines is 1. The second-order valence-corrected chi connectivity index (χ2v) is 11.8. The van der Waals surface area contributed by atoms with E-state index >= 15 is 0 Å². The van der Waals surface area contributed by atoms with Crippen molar-refractivity contribution in [3.8, 4) is 5.75 Å². The molecule has 2 aromatic carbocycles. The molecule has 1 aromatic heterocycles. The van der Waals surface area contributed by atoms with E-state index in [1.165, 1.54) is 23.3 Å². The molecule has 1 N–H and O–H groups in total. The summed E-state index contributed by atoms with van der Waals surface area (Å²) in [6.07, 6.45) is 10.2. The van der Waals surface area contributed by atoms with E-state index in [0.29, 0.717) is 6.61 Å². The lowest BCUT2D eigenvalue weighted by molar-refractivity contribution is 0.102. The topological polar surface area (TPSA) is 50.7 Å². The molecule has 188 valence electrons. The molecule has 7 heteroatoms. The lowest BCUT2D eigenvalue weighted by atomic mass is 9.96. The summed E-state index contributed by atoms with van der Waals surface area (Å²) in [6.45, 7) is 8.23. The van der Waals surface area contributed by atoms with Crippen LogP contribution >= 0.6 is 43.2 Å². The average Bonchev–Trinajstić information content (AvgIpc) is 3.16. The number of hydrogen-bond acceptors (Lipinski definition) is 4. The molecule has 0 spiro atoms. The minimum absolute atomic E-state index is 0.0792. The van der Waals surface area contributed by atoms with Crippen LogP contribution < -0.4 is 10.1 Å². The predicted octanol–water partition coefficient (Wildman–Crippen LogP) is 9.12. The zero-order valence-corrected chi connectivity index (χ0v) is 24.6. The van der Waals surface area contributed by atoms with E-state index in [1.54, 1.807) is 17.4 Å². The Hall–Kier alpha value is -2.22. The van der Waals surface area contributed by atoms with E-state index in [1.807, 2.05) is 37.4 Å². The highest BCUT2D eigenvalue weighted by atomic mass is 79.9. The fraction of sp³-hybridized carbons (Fsp3) is 0.310. The maximum Gasteiger partial charge on any atom is 0.259 e. The SMILES string of the molecule is C=CCOc1c(Br)cc(C=Nc2sc3c(c2C(=O)Nc2cccc(C)c2C)CCCCCC3)cc1Br. The monoisotopic (exact) mass is 628 g/mol. The lowest BCUT2D eigenvalue weighted by Gasteiger charge is -2.13. The van der Waals surface area contributed by atoms with E-state index < -0.39 is 0 Å². The van der Waals surface area contributed by atoms with Crippen molar-refractivity contribution in [2.45, 2.75) is 52.4 Å². The minimum Gasteiger partial charge on any atom is -0.487 e. The van der Waals surface area contributed by atoms with Crippen molar-refractivity contribution in [3.05, 3.63) is 84.6 Å². The summed E-state index contributed by atoms with van der Waals surface area (Å²) in [5, 5.41) is 3.95. The molecule has 4 nitrogen and oxygen atoms in total. The average molecular weight is 630 g/mol. The highest BCUT2D eigenvalue weighted by molar-refractivity contribution is 9.11. The van der Waals surface area contributed by atoms with Gasteiger partial charge in [-0.25, -0.2) is 4.99 Å². The van der Waals surface area contributed by atoms with Crippen LogP contribution in [0.4, 0.5) is 10.7 Å². The molecule has 36 heavy (non-hydrogen) atoms. The maximum atomic E-state index is 13.7. The Morgan fingerprint density at radius 3 is 2.58 bits per heavy atom. The van der Waals surface area contributed by atoms with E-state index in [0.717, 1.165) is 73.3 Å². The number of thiophene rings is 1. The van der Waals surface area contributed by atoms with Crippen LogP contribution in [0.2, 0.25) is 0 Å². The number of amides is 1. The van der Waals surface area contributed by atoms with Gasteiger partial charge in [-0.2, -0.15) is 0 Å². The van der Waals surface area contributed by atoms with Gasteiger partial charge >= 0.3 is 0 Å². The van der Waals surface area contributed by atoms with Crippen molar-refractivity contribution in [2.24, 2.45) is 4.99 Å². The Morgan fingerprint density at radius 1 is 1.14 bits per heavy atom. The first-order valence-electron chi connectivity index (χ1n) is 12.2. The van der Waals surface area contributed by atoms with E-state index in [-0.39, 0.29) is 5.91 Å². The van der Waals surface area contributed by atoms with E-state index in [9.17, 15) is 4.79 Å². The Labute approximate surface area is 234 Å². The van der Waals surface area contributed by atoms with Gasteiger partial charge in [-0.15, -0.1) is 11.3 Å². The molecule has 3 aromatic rings. The fourth-order valence-corrected chi connectivity index (χ4v) is 7.05. The van der Waals surface area contributed by atoms with E-state index in [2.05, 4.69) is 56.7 Å². The summed E-state index contributed by atoms with van der Waals surface area (Å²) in [5.41, 5.74) is 5.89. The molecule has 0 unspecified atom stereocenters. The van der Waals surface area contributed by atoms with Crippen LogP contribution in [0.5, 0.6) is 5.75 Å². The number of rotatable bonds is 7. The molecule has 0 aliphatic heterocycles. The molecule has 1 amide bonds. The number of hydrogen-bond donors (Lipinski definition) is 1. The predicted molar refractivity (Wildman–Crippen MR) is 159 cm³/mol. The van der Waals surface area contributed by atoms with Gasteiger partial charge in [0.25, 0.3) is 5.91 Å². The molecule has 1 aliphatic carbocycles. The molecule has 4 rings (SSSR count). The van der Waals surface area contributed by atoms with Gasteiger partial charge in [0.1, 0.15) is 17.4 Å². The zero-order valence-electron chi connectivity index (χ0n) is 20.6. The van der Waals surface area contributed by atoms with Crippen molar-refractivity contribution in [1.29, 1.82) is 0 Å². The Kier molecular flexibility index (Phi) is 9.20. The third-order valence-corrected chi connectivity index (χ3v) is 8.81. The molecule has 1 heterocycles. The van der Waals surface area contributed by atoms with Crippen LogP contribution in [-0.2, 0) is 12.8 Å². The molecular weight excluding hydrogens is 600 g/mol. The standard InChI is InChI=1S/C29H30Br2N2O2S/c1-4-14-35-27-22(30)15-20(16-23(27)31)17-32-29-26(21-11-7-5-6-8-13-25(21)36-29)28(34)33-24-12-9-10-18(2)19(24)3/h4,9-10,12,15-17H,1,5-8,11,13-14H2,2-3H3,(H,33,34). The summed E-state index contributed by atoms with van der Waals surface area (Å²) in [4.78, 5) is 19.8. The number of nitrogens with zero attached hydrogens (tertiary/aromatic N) is 1. The highest BCUT2D eigenvalue weighted by Gasteiger charge is 2.24. The number of fused-ring (bicyclic) bond motifs is 1. The van der Waals surface area contributed by atoms with Crippen molar-refractivity contribution in [1.82, 2.24) is 0 Å². The lowest BCUT2D eigenvalue weighted by Crippen LogP contribution is -2.15. The van der Waals surface area contributed by atoms with Crippen LogP contribution in [0.3, 0.4) is 0 Å². The van der Waals surface area contributed by atoms with Crippen LogP contribution in [0.15, 0.2) is 56.9 Å². The van der Waals surface area contributed by atoms with Crippen LogP contribution in [0, 0.1) is 13.8 Å².